The Morgan fingerprint density at radius 3 is 1.30 bits per heavy atom. The van der Waals surface area contributed by atoms with Gasteiger partial charge < -0.3 is 20.3 Å². The van der Waals surface area contributed by atoms with E-state index in [9.17, 15) is 31.9 Å². The van der Waals surface area contributed by atoms with Gasteiger partial charge in [0.1, 0.15) is 5.60 Å². The lowest BCUT2D eigenvalue weighted by molar-refractivity contribution is 0.0596. The van der Waals surface area contributed by atoms with Crippen LogP contribution in [0.3, 0.4) is 0 Å². The number of hydrogen-bond donors (Lipinski definition) is 3. The number of nitrogens with two attached hydrogens (primary N) is 1. The number of aromatic carboxylic acids is 1. The summed E-state index contributed by atoms with van der Waals surface area (Å²) in [6, 6.07) is 4.19. The van der Waals surface area contributed by atoms with E-state index >= 15 is 0 Å². The minimum absolute atomic E-state index is 0.0379. The van der Waals surface area contributed by atoms with E-state index in [1.807, 2.05) is 0 Å². The van der Waals surface area contributed by atoms with Gasteiger partial charge in [-0.05, 0) is 32.9 Å². The van der Waals surface area contributed by atoms with Gasteiger partial charge in [0.05, 0.1) is 91.6 Å². The van der Waals surface area contributed by atoms with Gasteiger partial charge in [-0.3, -0.25) is 5.32 Å². The number of amides is 1. The summed E-state index contributed by atoms with van der Waals surface area (Å²) in [4.78, 5) is 52.3. The fourth-order valence-electron chi connectivity index (χ4n) is 4.46. The van der Waals surface area contributed by atoms with E-state index in [1.165, 1.54) is 81.3 Å². The van der Waals surface area contributed by atoms with Gasteiger partial charge in [-0.2, -0.15) is 40.8 Å². The summed E-state index contributed by atoms with van der Waals surface area (Å²) in [5, 5.41) is 40.8. The lowest BCUT2D eigenvalue weighted by Crippen LogP contribution is -2.27. The van der Waals surface area contributed by atoms with Crippen molar-refractivity contribution >= 4 is 29.4 Å². The van der Waals surface area contributed by atoms with Gasteiger partial charge in [-0.25, -0.2) is 51.9 Å². The highest BCUT2D eigenvalue weighted by molar-refractivity contribution is 5.89. The Hall–Kier alpha value is -9.11. The first-order valence-corrected chi connectivity index (χ1v) is 17.7. The van der Waals surface area contributed by atoms with Crippen molar-refractivity contribution in [3.63, 3.8) is 0 Å². The molecule has 0 aromatic carbocycles. The molecule has 0 saturated carbocycles. The molecule has 330 valence electrons. The molecule has 0 radical (unpaired) electrons. The SMILES string of the molecule is CC(C)(C)OC(=O)Nc1cnc(-n2nccn2)c(F)c1.COC(=O)c1cnc(-n2nccn2)c(F)c1.Nc1cnc(-n2nccn2)c(F)c1.O=C(O)c1cnc(-n2nccn2)c(F)c1. The molecule has 24 nitrogen and oxygen atoms in total. The largest absolute Gasteiger partial charge is 0.478 e. The molecular weight excluding hydrogens is 857 g/mol. The zero-order chi connectivity index (χ0) is 46.4. The first-order chi connectivity index (χ1) is 30.5. The molecule has 8 aromatic rings. The number of ether oxygens (including phenoxy) is 2. The molecule has 0 aliphatic carbocycles. The Morgan fingerprint density at radius 2 is 0.938 bits per heavy atom. The third kappa shape index (κ3) is 12.7. The number of carboxylic acids is 1. The minimum Gasteiger partial charge on any atom is -0.478 e. The van der Waals surface area contributed by atoms with Crippen molar-refractivity contribution in [2.45, 2.75) is 26.4 Å². The van der Waals surface area contributed by atoms with Gasteiger partial charge in [-0.15, -0.1) is 19.2 Å². The number of aromatic nitrogens is 16. The average Bonchev–Trinajstić information content (AvgIpc) is 4.10. The molecule has 8 rings (SSSR count). The highest BCUT2D eigenvalue weighted by Crippen LogP contribution is 2.16. The number of anilines is 2. The first-order valence-electron chi connectivity index (χ1n) is 17.7. The summed E-state index contributed by atoms with van der Waals surface area (Å²) in [5.74, 6) is -4.78. The maximum Gasteiger partial charge on any atom is 0.412 e. The summed E-state index contributed by atoms with van der Waals surface area (Å²) < 4.78 is 63.4. The molecule has 4 N–H and O–H groups in total. The van der Waals surface area contributed by atoms with Crippen molar-refractivity contribution in [1.82, 2.24) is 79.9 Å². The van der Waals surface area contributed by atoms with Crippen LogP contribution in [0.5, 0.6) is 0 Å². The molecule has 8 heterocycles. The summed E-state index contributed by atoms with van der Waals surface area (Å²) in [6.07, 6.45) is 15.5. The third-order valence-electron chi connectivity index (χ3n) is 7.05. The van der Waals surface area contributed by atoms with Crippen LogP contribution in [0, 0.1) is 23.3 Å². The van der Waals surface area contributed by atoms with Crippen molar-refractivity contribution in [2.75, 3.05) is 18.2 Å². The van der Waals surface area contributed by atoms with Crippen LogP contribution < -0.4 is 11.1 Å². The predicted octanol–water partition coefficient (Wildman–Crippen LogP) is 3.62. The maximum absolute atomic E-state index is 13.8. The van der Waals surface area contributed by atoms with E-state index in [2.05, 4.69) is 70.8 Å². The normalized spacial score (nSPS) is 10.5. The molecular formula is C36H32F4N18O6. The average molecular weight is 889 g/mol. The zero-order valence-electron chi connectivity index (χ0n) is 33.5. The number of nitrogens with one attached hydrogen (secondary N) is 1. The number of nitrogen functional groups attached to an aromatic ring is 1. The molecule has 0 aliphatic heterocycles. The van der Waals surface area contributed by atoms with Crippen molar-refractivity contribution in [2.24, 2.45) is 0 Å². The van der Waals surface area contributed by atoms with Gasteiger partial charge in [0.2, 0.25) is 23.3 Å². The quantitative estimate of drug-likeness (QED) is 0.152. The number of rotatable bonds is 7. The van der Waals surface area contributed by atoms with E-state index in [0.717, 1.165) is 43.6 Å². The standard InChI is InChI=1S/C12H14FN5O2.C9H7FN4O2.C8H5FN4O2.C7H6FN5/c1-12(2,3)20-11(19)17-8-6-9(13)10(14-7-8)18-15-4-5-16-18;1-16-9(15)6-4-7(10)8(11-5-6)14-12-2-3-13-14;9-6-3-5(8(14)15)4-10-7(6)13-11-1-2-12-13;8-6-3-5(9)4-10-7(6)13-11-1-2-12-13/h4-7H,1-3H3,(H,17,19);2-5H,1H3;1-4H,(H,14,15);1-4H,9H2. The molecule has 0 unspecified atom stereocenters. The summed E-state index contributed by atoms with van der Waals surface area (Å²) in [7, 11) is 1.21. The van der Waals surface area contributed by atoms with Gasteiger partial charge in [0.15, 0.2) is 23.3 Å². The Bertz CT molecular complexity index is 2790. The molecule has 8 aromatic heterocycles. The molecule has 0 aliphatic rings. The second kappa shape index (κ2) is 20.9. The smallest absolute Gasteiger partial charge is 0.412 e. The Kier molecular flexibility index (Phi) is 15.0. The van der Waals surface area contributed by atoms with Gasteiger partial charge >= 0.3 is 18.0 Å². The van der Waals surface area contributed by atoms with E-state index in [4.69, 9.17) is 15.6 Å². The molecule has 0 spiro atoms. The van der Waals surface area contributed by atoms with E-state index in [1.54, 1.807) is 20.8 Å². The third-order valence-corrected chi connectivity index (χ3v) is 7.05. The van der Waals surface area contributed by atoms with Crippen LogP contribution in [0.2, 0.25) is 0 Å². The van der Waals surface area contributed by atoms with Crippen LogP contribution in [0.15, 0.2) is 98.6 Å². The highest BCUT2D eigenvalue weighted by atomic mass is 19.1. The van der Waals surface area contributed by atoms with Gasteiger partial charge in [0, 0.05) is 24.5 Å². The summed E-state index contributed by atoms with van der Waals surface area (Å²) in [6.45, 7) is 5.20. The first kappa shape index (κ1) is 46.0. The van der Waals surface area contributed by atoms with Crippen molar-refractivity contribution < 1.29 is 46.5 Å². The van der Waals surface area contributed by atoms with Crippen LogP contribution in [-0.4, -0.2) is 116 Å². The molecule has 0 atom stereocenters. The fourth-order valence-corrected chi connectivity index (χ4v) is 4.46. The minimum atomic E-state index is -1.23. The highest BCUT2D eigenvalue weighted by Gasteiger charge is 2.18. The fraction of sp³-hybridized carbons (Fsp3) is 0.139. The summed E-state index contributed by atoms with van der Waals surface area (Å²) >= 11 is 0. The van der Waals surface area contributed by atoms with Crippen molar-refractivity contribution in [3.8, 4) is 23.3 Å². The monoisotopic (exact) mass is 888 g/mol. The predicted molar refractivity (Wildman–Crippen MR) is 209 cm³/mol. The number of carbonyl (C=O) groups is 3. The van der Waals surface area contributed by atoms with Gasteiger partial charge in [-0.1, -0.05) is 0 Å². The number of carbonyl (C=O) groups excluding carboxylic acids is 2. The molecule has 0 saturated heterocycles. The van der Waals surface area contributed by atoms with E-state index in [-0.39, 0.29) is 45.8 Å². The Balaban J connectivity index is 0.000000162. The van der Waals surface area contributed by atoms with E-state index in [0.29, 0.717) is 0 Å². The molecule has 28 heteroatoms. The Labute approximate surface area is 356 Å². The number of hydrogen-bond acceptors (Lipinski definition) is 18. The number of halogens is 4. The number of carboxylic acid groups (broad SMARTS) is 1. The zero-order valence-corrected chi connectivity index (χ0v) is 33.5. The lowest BCUT2D eigenvalue weighted by atomic mass is 10.2. The maximum atomic E-state index is 13.8. The Morgan fingerprint density at radius 1 is 0.578 bits per heavy atom. The topological polar surface area (TPSA) is 302 Å². The van der Waals surface area contributed by atoms with Crippen molar-refractivity contribution in [3.05, 3.63) is 133 Å². The van der Waals surface area contributed by atoms with E-state index < -0.39 is 46.9 Å². The van der Waals surface area contributed by atoms with Crippen LogP contribution in [0.25, 0.3) is 23.3 Å². The number of pyridine rings is 4. The van der Waals surface area contributed by atoms with Crippen LogP contribution in [-0.2, 0) is 9.47 Å². The number of nitrogens with zero attached hydrogens (tertiary/aromatic N) is 16. The number of esters is 1. The van der Waals surface area contributed by atoms with Gasteiger partial charge in [0.25, 0.3) is 0 Å². The second-order valence-corrected chi connectivity index (χ2v) is 12.9. The summed E-state index contributed by atoms with van der Waals surface area (Å²) in [5.41, 5.74) is 4.98. The van der Waals surface area contributed by atoms with Crippen LogP contribution in [0.4, 0.5) is 33.7 Å². The molecule has 0 fully saturated rings. The second-order valence-electron chi connectivity index (χ2n) is 12.9. The lowest BCUT2D eigenvalue weighted by Gasteiger charge is -2.19. The molecule has 1 amide bonds. The van der Waals surface area contributed by atoms with Crippen LogP contribution >= 0.6 is 0 Å². The molecule has 0 bridgehead atoms. The van der Waals surface area contributed by atoms with Crippen LogP contribution in [0.1, 0.15) is 41.5 Å². The number of methoxy groups -OCH3 is 1. The molecule has 64 heavy (non-hydrogen) atoms. The van der Waals surface area contributed by atoms with Crippen molar-refractivity contribution in [1.29, 1.82) is 0 Å².